The van der Waals surface area contributed by atoms with Crippen LogP contribution in [0.2, 0.25) is 0 Å². The largest absolute Gasteiger partial charge is 0.378 e. The summed E-state index contributed by atoms with van der Waals surface area (Å²) in [6.45, 7) is 3.62. The molecule has 2 unspecified atom stereocenters. The molecule has 0 bridgehead atoms. The molecule has 114 valence electrons. The van der Waals surface area contributed by atoms with Crippen LogP contribution in [0.5, 0.6) is 0 Å². The molecule has 2 saturated heterocycles. The average Bonchev–Trinajstić information content (AvgIpc) is 2.84. The van der Waals surface area contributed by atoms with Crippen molar-refractivity contribution in [2.24, 2.45) is 11.8 Å². The highest BCUT2D eigenvalue weighted by molar-refractivity contribution is 7.99. The second kappa shape index (κ2) is 6.37. The lowest BCUT2D eigenvalue weighted by Gasteiger charge is -2.39. The van der Waals surface area contributed by atoms with Gasteiger partial charge in [-0.05, 0) is 50.7 Å². The zero-order valence-corrected chi connectivity index (χ0v) is 13.3. The van der Waals surface area contributed by atoms with Crippen molar-refractivity contribution in [2.75, 3.05) is 24.7 Å². The quantitative estimate of drug-likeness (QED) is 0.781. The Bertz CT molecular complexity index is 346. The molecule has 3 rings (SSSR count). The molecule has 2 aliphatic heterocycles. The van der Waals surface area contributed by atoms with Gasteiger partial charge in [0.1, 0.15) is 5.78 Å². The molecule has 2 atom stereocenters. The summed E-state index contributed by atoms with van der Waals surface area (Å²) in [6.07, 6.45) is 6.42. The van der Waals surface area contributed by atoms with E-state index >= 15 is 0 Å². The Morgan fingerprint density at radius 2 is 2.30 bits per heavy atom. The highest BCUT2D eigenvalue weighted by Gasteiger charge is 2.43. The molecule has 1 saturated carbocycles. The first-order chi connectivity index (χ1) is 9.71. The summed E-state index contributed by atoms with van der Waals surface area (Å²) in [5.41, 5.74) is 0.0384. The molecule has 20 heavy (non-hydrogen) atoms. The van der Waals surface area contributed by atoms with Crippen LogP contribution in [-0.2, 0) is 14.3 Å². The maximum atomic E-state index is 12.5. The molecule has 0 radical (unpaired) electrons. The van der Waals surface area contributed by atoms with E-state index in [9.17, 15) is 4.79 Å². The summed E-state index contributed by atoms with van der Waals surface area (Å²) in [6, 6.07) is 0. The van der Waals surface area contributed by atoms with Crippen LogP contribution in [-0.4, -0.2) is 42.2 Å². The number of carbonyl (C=O) groups is 1. The van der Waals surface area contributed by atoms with Crippen molar-refractivity contribution in [3.05, 3.63) is 0 Å². The summed E-state index contributed by atoms with van der Waals surface area (Å²) < 4.78 is 11.6. The first-order valence-electron chi connectivity index (χ1n) is 8.07. The van der Waals surface area contributed by atoms with Crippen molar-refractivity contribution in [1.29, 1.82) is 0 Å². The number of carbonyl (C=O) groups excluding carboxylic acids is 1. The van der Waals surface area contributed by atoms with Crippen molar-refractivity contribution in [2.45, 2.75) is 57.2 Å². The maximum Gasteiger partial charge on any atom is 0.136 e. The molecular weight excluding hydrogens is 272 g/mol. The Kier molecular flexibility index (Phi) is 4.73. The van der Waals surface area contributed by atoms with E-state index in [4.69, 9.17) is 9.47 Å². The standard InChI is InChI=1S/C16H26O3S/c1-2-18-14-7-12(8-14)9-15(17)13-3-5-19-16(10-13)4-6-20-11-16/h12-14H,2-11H2,1H3. The molecule has 0 N–H and O–H groups in total. The van der Waals surface area contributed by atoms with Crippen LogP contribution in [0.1, 0.15) is 45.4 Å². The van der Waals surface area contributed by atoms with Crippen molar-refractivity contribution in [3.8, 4) is 0 Å². The van der Waals surface area contributed by atoms with E-state index in [1.165, 1.54) is 5.75 Å². The van der Waals surface area contributed by atoms with Gasteiger partial charge >= 0.3 is 0 Å². The van der Waals surface area contributed by atoms with Crippen LogP contribution in [0.3, 0.4) is 0 Å². The van der Waals surface area contributed by atoms with Gasteiger partial charge in [0, 0.05) is 31.3 Å². The fourth-order valence-electron chi connectivity index (χ4n) is 3.83. The molecular formula is C16H26O3S. The number of rotatable bonds is 5. The van der Waals surface area contributed by atoms with E-state index in [-0.39, 0.29) is 11.5 Å². The van der Waals surface area contributed by atoms with Gasteiger partial charge < -0.3 is 9.47 Å². The van der Waals surface area contributed by atoms with E-state index < -0.39 is 0 Å². The third-order valence-corrected chi connectivity index (χ3v) is 6.32. The molecule has 3 nitrogen and oxygen atoms in total. The molecule has 4 heteroatoms. The number of hydrogen-bond acceptors (Lipinski definition) is 4. The number of hydrogen-bond donors (Lipinski definition) is 0. The number of ketones is 1. The van der Waals surface area contributed by atoms with Gasteiger partial charge in [0.25, 0.3) is 0 Å². The predicted molar refractivity (Wildman–Crippen MR) is 81.1 cm³/mol. The van der Waals surface area contributed by atoms with E-state index in [1.54, 1.807) is 0 Å². The van der Waals surface area contributed by atoms with Gasteiger partial charge in [0.05, 0.1) is 11.7 Å². The summed E-state index contributed by atoms with van der Waals surface area (Å²) in [4.78, 5) is 12.5. The molecule has 0 amide bonds. The smallest absolute Gasteiger partial charge is 0.136 e. The van der Waals surface area contributed by atoms with Gasteiger partial charge in [-0.1, -0.05) is 0 Å². The Hall–Kier alpha value is -0.0600. The second-order valence-electron chi connectivity index (χ2n) is 6.61. The lowest BCUT2D eigenvalue weighted by Crippen LogP contribution is -2.43. The fourth-order valence-corrected chi connectivity index (χ4v) is 5.21. The molecule has 2 heterocycles. The van der Waals surface area contributed by atoms with Crippen molar-refractivity contribution in [1.82, 2.24) is 0 Å². The molecule has 0 aromatic heterocycles. The van der Waals surface area contributed by atoms with Gasteiger partial charge in [-0.2, -0.15) is 11.8 Å². The first-order valence-corrected chi connectivity index (χ1v) is 9.22. The minimum Gasteiger partial charge on any atom is -0.378 e. The summed E-state index contributed by atoms with van der Waals surface area (Å²) in [7, 11) is 0. The zero-order chi connectivity index (χ0) is 14.0. The number of ether oxygens (including phenoxy) is 2. The lowest BCUT2D eigenvalue weighted by atomic mass is 9.75. The van der Waals surface area contributed by atoms with E-state index in [1.807, 2.05) is 18.7 Å². The van der Waals surface area contributed by atoms with Crippen molar-refractivity contribution in [3.63, 3.8) is 0 Å². The summed E-state index contributed by atoms with van der Waals surface area (Å²) in [5, 5.41) is 0. The highest BCUT2D eigenvalue weighted by atomic mass is 32.2. The SMILES string of the molecule is CCOC1CC(CC(=O)C2CCOC3(CCSC3)C2)C1. The number of thioether (sulfide) groups is 1. The molecule has 1 spiro atoms. The van der Waals surface area contributed by atoms with Gasteiger partial charge in [-0.3, -0.25) is 4.79 Å². The second-order valence-corrected chi connectivity index (χ2v) is 7.71. The van der Waals surface area contributed by atoms with Crippen LogP contribution >= 0.6 is 11.8 Å². The minimum atomic E-state index is 0.0384. The Morgan fingerprint density at radius 1 is 1.45 bits per heavy atom. The topological polar surface area (TPSA) is 35.5 Å². The number of Topliss-reactive ketones (excluding diaryl/α,β-unsaturated/α-hetero) is 1. The third kappa shape index (κ3) is 3.23. The monoisotopic (exact) mass is 298 g/mol. The van der Waals surface area contributed by atoms with Crippen molar-refractivity contribution < 1.29 is 14.3 Å². The van der Waals surface area contributed by atoms with Crippen LogP contribution < -0.4 is 0 Å². The normalized spacial score (nSPS) is 40.8. The predicted octanol–water partition coefficient (Wildman–Crippen LogP) is 3.06. The lowest BCUT2D eigenvalue weighted by molar-refractivity contribution is -0.136. The Labute approximate surface area is 126 Å². The van der Waals surface area contributed by atoms with Gasteiger partial charge in [-0.25, -0.2) is 0 Å². The maximum absolute atomic E-state index is 12.5. The molecule has 0 aromatic rings. The van der Waals surface area contributed by atoms with Crippen LogP contribution in [0.4, 0.5) is 0 Å². The van der Waals surface area contributed by atoms with Gasteiger partial charge in [0.15, 0.2) is 0 Å². The summed E-state index contributed by atoms with van der Waals surface area (Å²) >= 11 is 1.98. The molecule has 3 aliphatic rings. The molecule has 1 aliphatic carbocycles. The third-order valence-electron chi connectivity index (χ3n) is 5.10. The highest BCUT2D eigenvalue weighted by Crippen LogP contribution is 2.42. The molecule has 0 aromatic carbocycles. The van der Waals surface area contributed by atoms with Crippen molar-refractivity contribution >= 4 is 17.5 Å². The van der Waals surface area contributed by atoms with Crippen LogP contribution in [0, 0.1) is 11.8 Å². The summed E-state index contributed by atoms with van der Waals surface area (Å²) in [5.74, 6) is 3.61. The Morgan fingerprint density at radius 3 is 3.00 bits per heavy atom. The zero-order valence-electron chi connectivity index (χ0n) is 12.4. The van der Waals surface area contributed by atoms with E-state index in [0.29, 0.717) is 17.8 Å². The molecule has 3 fully saturated rings. The minimum absolute atomic E-state index is 0.0384. The van der Waals surface area contributed by atoms with Crippen LogP contribution in [0.15, 0.2) is 0 Å². The average molecular weight is 298 g/mol. The first kappa shape index (κ1) is 14.9. The van der Waals surface area contributed by atoms with Gasteiger partial charge in [-0.15, -0.1) is 0 Å². The van der Waals surface area contributed by atoms with Crippen LogP contribution in [0.25, 0.3) is 0 Å². The fraction of sp³-hybridized carbons (Fsp3) is 0.938. The Balaban J connectivity index is 1.45. The van der Waals surface area contributed by atoms with E-state index in [2.05, 4.69) is 0 Å². The van der Waals surface area contributed by atoms with E-state index in [0.717, 1.165) is 57.5 Å². The van der Waals surface area contributed by atoms with Gasteiger partial charge in [0.2, 0.25) is 0 Å².